The Morgan fingerprint density at radius 1 is 1.23 bits per heavy atom. The molecule has 2 unspecified atom stereocenters. The van der Waals surface area contributed by atoms with Crippen LogP contribution in [0, 0.1) is 0 Å². The van der Waals surface area contributed by atoms with Gasteiger partial charge in [-0.1, -0.05) is 19.3 Å². The van der Waals surface area contributed by atoms with Crippen LogP contribution >= 0.6 is 11.8 Å². The molecular weight excluding hydrogens is 344 g/mol. The maximum atomic E-state index is 6.12. The summed E-state index contributed by atoms with van der Waals surface area (Å²) in [5, 5.41) is 3.56. The summed E-state index contributed by atoms with van der Waals surface area (Å²) in [5.41, 5.74) is 0. The Morgan fingerprint density at radius 3 is 2.96 bits per heavy atom. The number of rotatable bonds is 3. The zero-order valence-corrected chi connectivity index (χ0v) is 17.2. The van der Waals surface area contributed by atoms with Gasteiger partial charge in [-0.15, -0.1) is 0 Å². The number of guanidine groups is 1. The minimum absolute atomic E-state index is 0.265. The molecule has 1 aliphatic carbocycles. The van der Waals surface area contributed by atoms with Crippen LogP contribution in [0.5, 0.6) is 0 Å². The second kappa shape index (κ2) is 8.70. The number of nitrogens with one attached hydrogen (secondary N) is 1. The third kappa shape index (κ3) is 4.33. The van der Waals surface area contributed by atoms with E-state index in [2.05, 4.69) is 33.8 Å². The van der Waals surface area contributed by atoms with Crippen molar-refractivity contribution < 1.29 is 4.74 Å². The van der Waals surface area contributed by atoms with Crippen LogP contribution in [0.15, 0.2) is 4.99 Å². The van der Waals surface area contributed by atoms with E-state index in [1.165, 1.54) is 63.8 Å². The largest absolute Gasteiger partial charge is 0.373 e. The van der Waals surface area contributed by atoms with Crippen LogP contribution in [0.3, 0.4) is 0 Å². The van der Waals surface area contributed by atoms with Crippen molar-refractivity contribution in [1.82, 2.24) is 15.1 Å². The van der Waals surface area contributed by atoms with E-state index in [-0.39, 0.29) is 6.10 Å². The average Bonchev–Trinajstić information content (AvgIpc) is 3.13. The summed E-state index contributed by atoms with van der Waals surface area (Å²) in [5.74, 6) is 2.35. The normalized spacial score (nSPS) is 32.7. The first-order valence-electron chi connectivity index (χ1n) is 10.8. The molecule has 0 amide bonds. The lowest BCUT2D eigenvalue weighted by molar-refractivity contribution is -0.0433. The number of nitrogens with zero attached hydrogens (tertiary/aromatic N) is 3. The summed E-state index contributed by atoms with van der Waals surface area (Å²) < 4.78 is 6.60. The van der Waals surface area contributed by atoms with Crippen LogP contribution in [-0.2, 0) is 4.74 Å². The molecular formula is C20H36N4OS. The summed E-state index contributed by atoms with van der Waals surface area (Å²) in [6, 6.07) is 0.675. The quantitative estimate of drug-likeness (QED) is 0.602. The topological polar surface area (TPSA) is 40.1 Å². The predicted molar refractivity (Wildman–Crippen MR) is 110 cm³/mol. The number of morpholine rings is 1. The Labute approximate surface area is 163 Å². The summed E-state index contributed by atoms with van der Waals surface area (Å²) in [4.78, 5) is 10.2. The van der Waals surface area contributed by atoms with Crippen molar-refractivity contribution in [2.24, 2.45) is 4.99 Å². The lowest BCUT2D eigenvalue weighted by atomic mass is 9.87. The Morgan fingerprint density at radius 2 is 2.12 bits per heavy atom. The van der Waals surface area contributed by atoms with Crippen LogP contribution in [-0.4, -0.2) is 84.3 Å². The highest BCUT2D eigenvalue weighted by molar-refractivity contribution is 8.00. The van der Waals surface area contributed by atoms with Gasteiger partial charge in [0, 0.05) is 42.7 Å². The average molecular weight is 381 g/mol. The fraction of sp³-hybridized carbons (Fsp3) is 0.950. The van der Waals surface area contributed by atoms with Crippen LogP contribution in [0.25, 0.3) is 0 Å². The van der Waals surface area contributed by atoms with Crippen LogP contribution < -0.4 is 5.32 Å². The van der Waals surface area contributed by atoms with Crippen molar-refractivity contribution >= 4 is 17.7 Å². The van der Waals surface area contributed by atoms with E-state index in [4.69, 9.17) is 9.73 Å². The number of hydrogen-bond acceptors (Lipinski definition) is 4. The van der Waals surface area contributed by atoms with Crippen molar-refractivity contribution in [1.29, 1.82) is 0 Å². The van der Waals surface area contributed by atoms with E-state index in [1.807, 2.05) is 0 Å². The van der Waals surface area contributed by atoms with Crippen LogP contribution in [0.4, 0.5) is 0 Å². The molecule has 0 bridgehead atoms. The summed E-state index contributed by atoms with van der Waals surface area (Å²) in [6.45, 7) is 9.42. The highest BCUT2D eigenvalue weighted by Crippen LogP contribution is 2.42. The molecule has 2 atom stereocenters. The smallest absolute Gasteiger partial charge is 0.194 e. The van der Waals surface area contributed by atoms with Gasteiger partial charge in [-0.25, -0.2) is 0 Å². The summed E-state index contributed by atoms with van der Waals surface area (Å²) >= 11 is 2.23. The maximum absolute atomic E-state index is 6.12. The van der Waals surface area contributed by atoms with Crippen molar-refractivity contribution in [2.45, 2.75) is 68.8 Å². The van der Waals surface area contributed by atoms with Gasteiger partial charge in [-0.2, -0.15) is 11.8 Å². The SMILES string of the molecule is CCNC(=NCC1CN2CCCC2CO1)N1CCSC2(CCCCC2)C1. The minimum atomic E-state index is 0.265. The van der Waals surface area contributed by atoms with Gasteiger partial charge in [0.2, 0.25) is 0 Å². The lowest BCUT2D eigenvalue weighted by Gasteiger charge is -2.45. The molecule has 148 valence electrons. The van der Waals surface area contributed by atoms with Gasteiger partial charge in [-0.3, -0.25) is 9.89 Å². The standard InChI is InChI=1S/C20H36N4OS/c1-2-21-19(22-13-18-14-23-10-6-7-17(23)15-25-18)24-11-12-26-20(16-24)8-4-3-5-9-20/h17-18H,2-16H2,1H3,(H,21,22). The molecule has 3 aliphatic heterocycles. The molecule has 4 rings (SSSR count). The van der Waals surface area contributed by atoms with Gasteiger partial charge in [0.1, 0.15) is 0 Å². The Bertz CT molecular complexity index is 489. The molecule has 5 nitrogen and oxygen atoms in total. The van der Waals surface area contributed by atoms with Gasteiger partial charge < -0.3 is 15.0 Å². The molecule has 3 saturated heterocycles. The molecule has 0 radical (unpaired) electrons. The first-order valence-corrected chi connectivity index (χ1v) is 11.8. The molecule has 1 N–H and O–H groups in total. The molecule has 0 aromatic heterocycles. The van der Waals surface area contributed by atoms with E-state index in [0.29, 0.717) is 10.8 Å². The number of fused-ring (bicyclic) bond motifs is 1. The second-order valence-electron chi connectivity index (χ2n) is 8.45. The number of hydrogen-bond donors (Lipinski definition) is 1. The van der Waals surface area contributed by atoms with Gasteiger partial charge in [0.25, 0.3) is 0 Å². The van der Waals surface area contributed by atoms with E-state index >= 15 is 0 Å². The zero-order valence-electron chi connectivity index (χ0n) is 16.4. The summed E-state index contributed by atoms with van der Waals surface area (Å²) in [7, 11) is 0. The third-order valence-electron chi connectivity index (χ3n) is 6.55. The molecule has 0 aromatic rings. The third-order valence-corrected chi connectivity index (χ3v) is 8.09. The Balaban J connectivity index is 1.37. The first kappa shape index (κ1) is 18.9. The second-order valence-corrected chi connectivity index (χ2v) is 10.0. The van der Waals surface area contributed by atoms with Gasteiger partial charge in [0.15, 0.2) is 5.96 Å². The van der Waals surface area contributed by atoms with E-state index in [9.17, 15) is 0 Å². The molecule has 4 aliphatic rings. The van der Waals surface area contributed by atoms with Crippen molar-refractivity contribution in [3.8, 4) is 0 Å². The fourth-order valence-electron chi connectivity index (χ4n) is 5.13. The zero-order chi connectivity index (χ0) is 17.8. The molecule has 1 saturated carbocycles. The van der Waals surface area contributed by atoms with Crippen molar-refractivity contribution in [3.63, 3.8) is 0 Å². The molecule has 3 heterocycles. The van der Waals surface area contributed by atoms with E-state index < -0.39 is 0 Å². The van der Waals surface area contributed by atoms with Gasteiger partial charge in [0.05, 0.1) is 19.3 Å². The van der Waals surface area contributed by atoms with E-state index in [0.717, 1.165) is 38.7 Å². The summed E-state index contributed by atoms with van der Waals surface area (Å²) in [6.07, 6.45) is 9.91. The highest BCUT2D eigenvalue weighted by Gasteiger charge is 2.38. The first-order chi connectivity index (χ1) is 12.8. The van der Waals surface area contributed by atoms with Crippen LogP contribution in [0.1, 0.15) is 51.9 Å². The van der Waals surface area contributed by atoms with Gasteiger partial charge >= 0.3 is 0 Å². The maximum Gasteiger partial charge on any atom is 0.194 e. The Kier molecular flexibility index (Phi) is 6.32. The number of ether oxygens (including phenoxy) is 1. The van der Waals surface area contributed by atoms with Crippen molar-refractivity contribution in [2.75, 3.05) is 51.6 Å². The monoisotopic (exact) mass is 380 g/mol. The van der Waals surface area contributed by atoms with E-state index in [1.54, 1.807) is 0 Å². The van der Waals surface area contributed by atoms with Crippen LogP contribution in [0.2, 0.25) is 0 Å². The number of aliphatic imine (C=N–C) groups is 1. The van der Waals surface area contributed by atoms with Crippen molar-refractivity contribution in [3.05, 3.63) is 0 Å². The fourth-order valence-corrected chi connectivity index (χ4v) is 6.70. The Hall–Kier alpha value is -0.460. The minimum Gasteiger partial charge on any atom is -0.373 e. The predicted octanol–water partition coefficient (Wildman–Crippen LogP) is 2.57. The molecule has 0 aromatic carbocycles. The molecule has 4 fully saturated rings. The molecule has 26 heavy (non-hydrogen) atoms. The lowest BCUT2D eigenvalue weighted by Crippen LogP contribution is -2.54. The number of thioether (sulfide) groups is 1. The van der Waals surface area contributed by atoms with Gasteiger partial charge in [-0.05, 0) is 39.2 Å². The molecule has 1 spiro atoms. The highest BCUT2D eigenvalue weighted by atomic mass is 32.2. The molecule has 6 heteroatoms.